The molecule has 5 atom stereocenters. The molecule has 2 aromatic rings. The first-order valence-electron chi connectivity index (χ1n) is 14.2. The Kier molecular flexibility index (Phi) is 13.2. The zero-order chi connectivity index (χ0) is 30.1. The van der Waals surface area contributed by atoms with Crippen LogP contribution in [-0.4, -0.2) is 86.4 Å². The van der Waals surface area contributed by atoms with Crippen LogP contribution in [0, 0.1) is 0 Å². The predicted molar refractivity (Wildman–Crippen MR) is 164 cm³/mol. The number of Topliss-reactive ketones (excluding diaryl/α,β-unsaturated/α-hetero) is 1. The first kappa shape index (κ1) is 34.2. The molecule has 43 heavy (non-hydrogen) atoms. The van der Waals surface area contributed by atoms with Gasteiger partial charge in [-0.1, -0.05) is 18.6 Å². The van der Waals surface area contributed by atoms with Gasteiger partial charge >= 0.3 is 6.03 Å². The number of hydrogen-bond acceptors (Lipinski definition) is 10. The summed E-state index contributed by atoms with van der Waals surface area (Å²) >= 11 is 1.87. The molecule has 8 N–H and O–H groups in total. The van der Waals surface area contributed by atoms with Crippen LogP contribution >= 0.6 is 11.8 Å². The Labute approximate surface area is 265 Å². The molecule has 0 aromatic heterocycles. The van der Waals surface area contributed by atoms with Crippen LogP contribution in [0.25, 0.3) is 0 Å². The number of nitrogens with two attached hydrogens (primary N) is 1. The summed E-state index contributed by atoms with van der Waals surface area (Å²) in [5.41, 5.74) is 6.94. The van der Waals surface area contributed by atoms with Crippen molar-refractivity contribution in [2.45, 2.75) is 74.4 Å². The number of phenols is 4. The average Bonchev–Trinajstić information content (AvgIpc) is 3.52. The summed E-state index contributed by atoms with van der Waals surface area (Å²) in [6, 6.07) is 8.61. The van der Waals surface area contributed by atoms with Crippen molar-refractivity contribution in [1.82, 2.24) is 10.6 Å². The van der Waals surface area contributed by atoms with Gasteiger partial charge in [-0.2, -0.15) is 11.8 Å². The van der Waals surface area contributed by atoms with Gasteiger partial charge in [0.2, 0.25) is 0 Å². The molecule has 2 saturated heterocycles. The topological polar surface area (TPSA) is 190 Å². The number of para-hydroxylation sites is 2. The van der Waals surface area contributed by atoms with Crippen molar-refractivity contribution in [1.29, 1.82) is 0 Å². The molecule has 1 unspecified atom stereocenters. The Bertz CT molecular complexity index is 1310. The third-order valence-corrected chi connectivity index (χ3v) is 9.14. The number of ketones is 1. The number of amides is 2. The van der Waals surface area contributed by atoms with E-state index in [2.05, 4.69) is 20.6 Å². The molecule has 2 aliphatic heterocycles. The minimum absolute atomic E-state index is 0. The number of aliphatic imine (C=N–C) groups is 2. The fourth-order valence-electron chi connectivity index (χ4n) is 5.18. The van der Waals surface area contributed by atoms with E-state index >= 15 is 0 Å². The van der Waals surface area contributed by atoms with Crippen molar-refractivity contribution in [2.75, 3.05) is 12.3 Å². The van der Waals surface area contributed by atoms with Crippen LogP contribution in [0.2, 0.25) is 0 Å². The number of hydrogen-bond donors (Lipinski definition) is 7. The molecule has 0 spiro atoms. The van der Waals surface area contributed by atoms with Crippen LogP contribution in [0.1, 0.15) is 56.1 Å². The minimum Gasteiger partial charge on any atom is -0.504 e. The Morgan fingerprint density at radius 2 is 1.65 bits per heavy atom. The summed E-state index contributed by atoms with van der Waals surface area (Å²) in [7, 11) is 0. The first-order chi connectivity index (χ1) is 20.2. The van der Waals surface area contributed by atoms with Crippen molar-refractivity contribution in [3.63, 3.8) is 0 Å². The molecule has 4 rings (SSSR count). The van der Waals surface area contributed by atoms with E-state index in [4.69, 9.17) is 5.73 Å². The smallest absolute Gasteiger partial charge is 0.315 e. The third-order valence-electron chi connectivity index (χ3n) is 7.63. The molecule has 0 aliphatic carbocycles. The van der Waals surface area contributed by atoms with Gasteiger partial charge in [-0.25, -0.2) is 4.79 Å². The van der Waals surface area contributed by atoms with E-state index in [0.29, 0.717) is 42.1 Å². The molecule has 2 heterocycles. The quantitative estimate of drug-likeness (QED) is 0.0500. The summed E-state index contributed by atoms with van der Waals surface area (Å²) in [6.07, 6.45) is 7.67. The molecule has 2 aliphatic rings. The van der Waals surface area contributed by atoms with Crippen LogP contribution < -0.4 is 16.4 Å². The zero-order valence-electron chi connectivity index (χ0n) is 23.7. The van der Waals surface area contributed by atoms with Crippen LogP contribution in [-0.2, 0) is 21.3 Å². The maximum atomic E-state index is 12.7. The van der Waals surface area contributed by atoms with E-state index in [1.165, 1.54) is 24.6 Å². The summed E-state index contributed by atoms with van der Waals surface area (Å²) in [4.78, 5) is 33.1. The summed E-state index contributed by atoms with van der Waals surface area (Å²) in [6.45, 7) is 0.255. The largest absolute Gasteiger partial charge is 0.504 e. The van der Waals surface area contributed by atoms with E-state index in [0.717, 1.165) is 25.0 Å². The van der Waals surface area contributed by atoms with E-state index < -0.39 is 6.04 Å². The first-order valence-corrected chi connectivity index (χ1v) is 15.3. The molecular weight excluding hydrogens is 617 g/mol. The van der Waals surface area contributed by atoms with Gasteiger partial charge in [0.05, 0.1) is 30.7 Å². The van der Waals surface area contributed by atoms with Crippen molar-refractivity contribution in [3.05, 3.63) is 47.5 Å². The third kappa shape index (κ3) is 9.61. The predicted octanol–water partition coefficient (Wildman–Crippen LogP) is 3.21. The molecule has 2 fully saturated rings. The van der Waals surface area contributed by atoms with Crippen molar-refractivity contribution in [2.24, 2.45) is 15.7 Å². The van der Waals surface area contributed by atoms with E-state index in [1.54, 1.807) is 24.3 Å². The molecule has 0 saturated carbocycles. The monoisotopic (exact) mass is 655 g/mol. The zero-order valence-corrected chi connectivity index (χ0v) is 25.5. The van der Waals surface area contributed by atoms with E-state index in [1.807, 2.05) is 11.8 Å². The molecular formula is C30H39N5NiO6S. The molecule has 11 nitrogen and oxygen atoms in total. The number of unbranched alkanes of at least 4 members (excludes halogenated alkanes) is 1. The number of nitrogens with one attached hydrogen (secondary N) is 2. The number of benzene rings is 2. The number of fused-ring (bicyclic) bond motifs is 1. The number of carbonyl (C=O) groups excluding carboxylic acids is 2. The van der Waals surface area contributed by atoms with E-state index in [-0.39, 0.29) is 76.0 Å². The summed E-state index contributed by atoms with van der Waals surface area (Å²) in [5.74, 6) is -0.0598. The Morgan fingerprint density at radius 3 is 2.35 bits per heavy atom. The van der Waals surface area contributed by atoms with Crippen LogP contribution in [0.5, 0.6) is 23.0 Å². The second-order valence-electron chi connectivity index (χ2n) is 10.7. The van der Waals surface area contributed by atoms with Crippen molar-refractivity contribution in [3.8, 4) is 23.0 Å². The van der Waals surface area contributed by atoms with Crippen LogP contribution in [0.4, 0.5) is 4.79 Å². The number of carbonyl (C=O) groups is 2. The Balaban J connectivity index is 0.00000506. The van der Waals surface area contributed by atoms with Gasteiger partial charge in [-0.15, -0.1) is 0 Å². The number of aromatic hydroxyl groups is 4. The van der Waals surface area contributed by atoms with Gasteiger partial charge in [0.15, 0.2) is 23.0 Å². The SMILES string of the molecule is NC(CCC[C@@H](CN=Cc1cccc(O)c1O)N=Cc1cccc(O)c1O)C(=O)CCCC[C@@H]1SC[C@@H]2NC(=O)N[C@@H]21.[Ni]. The van der Waals surface area contributed by atoms with Crippen molar-refractivity contribution < 1.29 is 46.5 Å². The summed E-state index contributed by atoms with van der Waals surface area (Å²) < 4.78 is 0. The Hall–Kier alpha value is -3.28. The number of urea groups is 1. The molecule has 2 amide bonds. The molecule has 0 radical (unpaired) electrons. The Morgan fingerprint density at radius 1 is 0.977 bits per heavy atom. The van der Waals surface area contributed by atoms with Crippen molar-refractivity contribution >= 4 is 36.0 Å². The summed E-state index contributed by atoms with van der Waals surface area (Å²) in [5, 5.41) is 45.9. The number of thioether (sulfide) groups is 1. The van der Waals surface area contributed by atoms with Crippen LogP contribution in [0.3, 0.4) is 0 Å². The van der Waals surface area contributed by atoms with Gasteiger partial charge in [0.25, 0.3) is 0 Å². The minimum atomic E-state index is -0.568. The maximum absolute atomic E-state index is 12.7. The average molecular weight is 656 g/mol. The van der Waals surface area contributed by atoms with Gasteiger partial charge in [-0.05, 0) is 56.4 Å². The maximum Gasteiger partial charge on any atom is 0.315 e. The number of phenolic OH excluding ortho intramolecular Hbond substituents is 4. The fraction of sp³-hybridized carbons (Fsp3) is 0.467. The molecule has 2 aromatic carbocycles. The normalized spacial score (nSPS) is 20.9. The number of nitrogens with zero attached hydrogens (tertiary/aromatic N) is 2. The second kappa shape index (κ2) is 16.5. The number of rotatable bonds is 15. The molecule has 236 valence electrons. The van der Waals surface area contributed by atoms with E-state index in [9.17, 15) is 30.0 Å². The standard InChI is InChI=1S/C30H39N5O6S.Ni/c31-21(23(36)10-1-2-13-26-27-22(17-42-26)34-30(41)35-27)9-5-8-20(33-15-19-7-4-12-25(38)29(19)40)16-32-14-18-6-3-11-24(37)28(18)39;/h3-4,6-7,11-12,14-15,20-22,26-27,37-40H,1-2,5,8-10,13,16-17,31H2,(H2,34,35,41);/t20-,21?,22-,26-,27-;/m0./s1. The second-order valence-corrected chi connectivity index (χ2v) is 12.0. The molecule has 13 heteroatoms. The van der Waals surface area contributed by atoms with Gasteiger partial charge in [-0.3, -0.25) is 14.8 Å². The fourth-order valence-corrected chi connectivity index (χ4v) is 6.73. The van der Waals surface area contributed by atoms with Gasteiger partial charge < -0.3 is 36.8 Å². The van der Waals surface area contributed by atoms with Gasteiger partial charge in [0, 0.05) is 57.5 Å². The van der Waals surface area contributed by atoms with Gasteiger partial charge in [0.1, 0.15) is 5.78 Å². The molecule has 0 bridgehead atoms. The van der Waals surface area contributed by atoms with Crippen LogP contribution in [0.15, 0.2) is 46.4 Å².